The van der Waals surface area contributed by atoms with Crippen molar-refractivity contribution < 1.29 is 4.79 Å². The van der Waals surface area contributed by atoms with Gasteiger partial charge in [0.1, 0.15) is 6.04 Å². The number of hydrogen-bond acceptors (Lipinski definition) is 2. The van der Waals surface area contributed by atoms with E-state index in [2.05, 4.69) is 21.0 Å². The number of aromatic nitrogens is 2. The molecule has 2 aromatic rings. The third-order valence-corrected chi connectivity index (χ3v) is 4.43. The molecule has 0 fully saturated rings. The van der Waals surface area contributed by atoms with Crippen LogP contribution in [-0.2, 0) is 0 Å². The van der Waals surface area contributed by atoms with Gasteiger partial charge in [0.2, 0.25) is 0 Å². The summed E-state index contributed by atoms with van der Waals surface area (Å²) in [6, 6.07) is 9.15. The molecule has 19 heavy (non-hydrogen) atoms. The van der Waals surface area contributed by atoms with Gasteiger partial charge in [-0.05, 0) is 36.2 Å². The Balaban J connectivity index is 2.40. The molecule has 1 aromatic carbocycles. The number of halogens is 1. The highest BCUT2D eigenvalue weighted by molar-refractivity contribution is 9.10. The molecule has 1 unspecified atom stereocenters. The van der Waals surface area contributed by atoms with Gasteiger partial charge in [0.15, 0.2) is 5.78 Å². The van der Waals surface area contributed by atoms with Crippen LogP contribution in [0.5, 0.6) is 0 Å². The van der Waals surface area contributed by atoms with E-state index in [4.69, 9.17) is 0 Å². The maximum absolute atomic E-state index is 12.6. The van der Waals surface area contributed by atoms with Crippen molar-refractivity contribution in [3.63, 3.8) is 0 Å². The quantitative estimate of drug-likeness (QED) is 0.795. The number of hydrogen-bond donors (Lipinski definition) is 0. The molecule has 100 valence electrons. The molecule has 4 heteroatoms. The molecule has 0 saturated heterocycles. The van der Waals surface area contributed by atoms with Crippen LogP contribution in [0, 0.1) is 13.8 Å². The third-order valence-electron chi connectivity index (χ3n) is 3.28. The van der Waals surface area contributed by atoms with Gasteiger partial charge < -0.3 is 0 Å². The predicted octanol–water partition coefficient (Wildman–Crippen LogP) is 4.10. The molecule has 0 spiro atoms. The lowest BCUT2D eigenvalue weighted by Crippen LogP contribution is -2.21. The predicted molar refractivity (Wildman–Crippen MR) is 79.5 cm³/mol. The Labute approximate surface area is 121 Å². The van der Waals surface area contributed by atoms with E-state index in [9.17, 15) is 4.79 Å². The molecular weight excluding hydrogens is 304 g/mol. The Morgan fingerprint density at radius 3 is 2.42 bits per heavy atom. The first-order valence-corrected chi connectivity index (χ1v) is 7.16. The summed E-state index contributed by atoms with van der Waals surface area (Å²) in [6.07, 6.45) is 0.724. The molecule has 1 atom stereocenters. The van der Waals surface area contributed by atoms with Crippen molar-refractivity contribution in [2.75, 3.05) is 0 Å². The Hall–Kier alpha value is -1.42. The van der Waals surface area contributed by atoms with E-state index in [0.717, 1.165) is 27.8 Å². The summed E-state index contributed by atoms with van der Waals surface area (Å²) in [5.41, 5.74) is 2.64. The Morgan fingerprint density at radius 1 is 1.32 bits per heavy atom. The lowest BCUT2D eigenvalue weighted by Gasteiger charge is -2.16. The van der Waals surface area contributed by atoms with E-state index < -0.39 is 0 Å². The maximum atomic E-state index is 12.6. The number of carbonyl (C=O) groups excluding carboxylic acids is 1. The van der Waals surface area contributed by atoms with E-state index in [1.807, 2.05) is 55.8 Å². The van der Waals surface area contributed by atoms with Crippen molar-refractivity contribution in [1.29, 1.82) is 0 Å². The zero-order valence-corrected chi connectivity index (χ0v) is 12.9. The van der Waals surface area contributed by atoms with Gasteiger partial charge in [-0.1, -0.05) is 37.3 Å². The van der Waals surface area contributed by atoms with Crippen LogP contribution >= 0.6 is 15.9 Å². The Kier molecular flexibility index (Phi) is 4.20. The van der Waals surface area contributed by atoms with E-state index in [1.165, 1.54) is 0 Å². The van der Waals surface area contributed by atoms with E-state index in [-0.39, 0.29) is 11.8 Å². The highest BCUT2D eigenvalue weighted by Crippen LogP contribution is 2.26. The van der Waals surface area contributed by atoms with Crippen molar-refractivity contribution in [2.24, 2.45) is 0 Å². The van der Waals surface area contributed by atoms with E-state index in [1.54, 1.807) is 0 Å². The highest BCUT2D eigenvalue weighted by Gasteiger charge is 2.23. The Bertz CT molecular complexity index is 590. The van der Waals surface area contributed by atoms with Crippen LogP contribution in [0.15, 0.2) is 34.8 Å². The fourth-order valence-electron chi connectivity index (χ4n) is 2.21. The molecule has 2 rings (SSSR count). The number of aryl methyl sites for hydroxylation is 1. The van der Waals surface area contributed by atoms with E-state index in [0.29, 0.717) is 0 Å². The summed E-state index contributed by atoms with van der Waals surface area (Å²) >= 11 is 3.51. The van der Waals surface area contributed by atoms with Gasteiger partial charge in [-0.15, -0.1) is 0 Å². The SMILES string of the molecule is CCC(C(=O)c1ccccc1)n1nc(C)c(Br)c1C. The fourth-order valence-corrected chi connectivity index (χ4v) is 2.47. The largest absolute Gasteiger partial charge is 0.292 e. The summed E-state index contributed by atoms with van der Waals surface area (Å²) in [5, 5.41) is 4.48. The van der Waals surface area contributed by atoms with Crippen LogP contribution in [0.3, 0.4) is 0 Å². The zero-order valence-electron chi connectivity index (χ0n) is 11.4. The van der Waals surface area contributed by atoms with Crippen LogP contribution in [-0.4, -0.2) is 15.6 Å². The molecule has 1 heterocycles. The van der Waals surface area contributed by atoms with Crippen molar-refractivity contribution in [1.82, 2.24) is 9.78 Å². The molecule has 0 aliphatic rings. The first-order chi connectivity index (χ1) is 9.06. The van der Waals surface area contributed by atoms with Crippen LogP contribution in [0.4, 0.5) is 0 Å². The van der Waals surface area contributed by atoms with Gasteiger partial charge in [-0.25, -0.2) is 0 Å². The molecule has 0 saturated carbocycles. The minimum atomic E-state index is -0.243. The molecular formula is C15H17BrN2O. The lowest BCUT2D eigenvalue weighted by molar-refractivity contribution is 0.0912. The summed E-state index contributed by atoms with van der Waals surface area (Å²) in [6.45, 7) is 5.92. The van der Waals surface area contributed by atoms with E-state index >= 15 is 0 Å². The summed E-state index contributed by atoms with van der Waals surface area (Å²) in [4.78, 5) is 12.6. The number of benzene rings is 1. The minimum Gasteiger partial charge on any atom is -0.292 e. The van der Waals surface area contributed by atoms with Gasteiger partial charge in [-0.3, -0.25) is 9.48 Å². The second kappa shape index (κ2) is 5.70. The van der Waals surface area contributed by atoms with Crippen molar-refractivity contribution in [2.45, 2.75) is 33.2 Å². The average Bonchev–Trinajstić information content (AvgIpc) is 2.68. The number of carbonyl (C=O) groups is 1. The summed E-state index contributed by atoms with van der Waals surface area (Å²) in [7, 11) is 0. The first kappa shape index (κ1) is 14.0. The van der Waals surface area contributed by atoms with Crippen molar-refractivity contribution in [3.8, 4) is 0 Å². The molecule has 3 nitrogen and oxygen atoms in total. The van der Waals surface area contributed by atoms with Crippen LogP contribution in [0.25, 0.3) is 0 Å². The third kappa shape index (κ3) is 2.63. The number of Topliss-reactive ketones (excluding diaryl/α,β-unsaturated/α-hetero) is 1. The molecule has 0 aliphatic heterocycles. The normalized spacial score (nSPS) is 12.4. The van der Waals surface area contributed by atoms with Crippen LogP contribution in [0.2, 0.25) is 0 Å². The van der Waals surface area contributed by atoms with Gasteiger partial charge in [0, 0.05) is 5.56 Å². The highest BCUT2D eigenvalue weighted by atomic mass is 79.9. The second-order valence-electron chi connectivity index (χ2n) is 4.58. The van der Waals surface area contributed by atoms with Gasteiger partial charge in [0.05, 0.1) is 15.9 Å². The second-order valence-corrected chi connectivity index (χ2v) is 5.38. The summed E-state index contributed by atoms with van der Waals surface area (Å²) in [5.74, 6) is 0.112. The van der Waals surface area contributed by atoms with Crippen molar-refractivity contribution >= 4 is 21.7 Å². The molecule has 0 bridgehead atoms. The van der Waals surface area contributed by atoms with Crippen LogP contribution in [0.1, 0.15) is 41.1 Å². The average molecular weight is 321 g/mol. The maximum Gasteiger partial charge on any atom is 0.187 e. The topological polar surface area (TPSA) is 34.9 Å². The molecule has 0 aliphatic carbocycles. The molecule has 0 amide bonds. The summed E-state index contributed by atoms with van der Waals surface area (Å²) < 4.78 is 2.81. The van der Waals surface area contributed by atoms with Gasteiger partial charge >= 0.3 is 0 Å². The van der Waals surface area contributed by atoms with Crippen molar-refractivity contribution in [3.05, 3.63) is 51.8 Å². The Morgan fingerprint density at radius 2 is 1.95 bits per heavy atom. The minimum absolute atomic E-state index is 0.112. The lowest BCUT2D eigenvalue weighted by atomic mass is 10.0. The van der Waals surface area contributed by atoms with Gasteiger partial charge in [-0.2, -0.15) is 5.10 Å². The first-order valence-electron chi connectivity index (χ1n) is 6.36. The molecule has 0 radical (unpaired) electrons. The standard InChI is InChI=1S/C15H17BrN2O/c1-4-13(15(19)12-8-6-5-7-9-12)18-11(3)14(16)10(2)17-18/h5-9,13H,4H2,1-3H3. The number of ketones is 1. The van der Waals surface area contributed by atoms with Crippen LogP contribution < -0.4 is 0 Å². The monoisotopic (exact) mass is 320 g/mol. The number of nitrogens with zero attached hydrogens (tertiary/aromatic N) is 2. The zero-order chi connectivity index (χ0) is 14.0. The molecule has 0 N–H and O–H groups in total. The number of rotatable bonds is 4. The molecule has 1 aromatic heterocycles. The fraction of sp³-hybridized carbons (Fsp3) is 0.333. The van der Waals surface area contributed by atoms with Gasteiger partial charge in [0.25, 0.3) is 0 Å². The smallest absolute Gasteiger partial charge is 0.187 e.